The van der Waals surface area contributed by atoms with E-state index in [1.165, 1.54) is 38.9 Å². The lowest BCUT2D eigenvalue weighted by Gasteiger charge is -2.54. The van der Waals surface area contributed by atoms with Crippen molar-refractivity contribution in [2.45, 2.75) is 44.7 Å². The van der Waals surface area contributed by atoms with Gasteiger partial charge in [-0.1, -0.05) is 6.42 Å². The van der Waals surface area contributed by atoms with Gasteiger partial charge in [0.15, 0.2) is 0 Å². The van der Waals surface area contributed by atoms with E-state index in [1.807, 2.05) is 0 Å². The zero-order valence-electron chi connectivity index (χ0n) is 8.27. The van der Waals surface area contributed by atoms with Gasteiger partial charge in [0.1, 0.15) is 0 Å². The fourth-order valence-corrected chi connectivity index (χ4v) is 2.40. The molecular weight excluding hydrogens is 148 g/mol. The molecule has 2 rings (SSSR count). The molecule has 0 aromatic carbocycles. The van der Waals surface area contributed by atoms with Gasteiger partial charge in [0, 0.05) is 24.7 Å². The zero-order chi connectivity index (χ0) is 8.60. The first-order valence-corrected chi connectivity index (χ1v) is 5.21. The third kappa shape index (κ3) is 1.38. The van der Waals surface area contributed by atoms with Crippen molar-refractivity contribution in [2.75, 3.05) is 19.6 Å². The summed E-state index contributed by atoms with van der Waals surface area (Å²) in [5.74, 6) is 0. The van der Waals surface area contributed by atoms with Crippen molar-refractivity contribution in [1.82, 2.24) is 10.2 Å². The fourth-order valence-electron chi connectivity index (χ4n) is 2.40. The summed E-state index contributed by atoms with van der Waals surface area (Å²) in [4.78, 5) is 2.55. The Morgan fingerprint density at radius 3 is 2.50 bits per heavy atom. The average Bonchev–Trinajstić information content (AvgIpc) is 2.01. The van der Waals surface area contributed by atoms with Crippen molar-refractivity contribution in [2.24, 2.45) is 0 Å². The monoisotopic (exact) mass is 168 g/mol. The first-order chi connectivity index (χ1) is 5.72. The number of piperidine rings is 1. The molecule has 70 valence electrons. The van der Waals surface area contributed by atoms with Crippen LogP contribution in [0.2, 0.25) is 0 Å². The molecule has 1 spiro atoms. The quantitative estimate of drug-likeness (QED) is 0.633. The predicted octanol–water partition coefficient (Wildman–Crippen LogP) is 1.22. The van der Waals surface area contributed by atoms with Crippen LogP contribution in [-0.2, 0) is 0 Å². The van der Waals surface area contributed by atoms with Gasteiger partial charge in [0.2, 0.25) is 0 Å². The number of nitrogens with zero attached hydrogens (tertiary/aromatic N) is 1. The minimum atomic E-state index is 0.530. The Balaban J connectivity index is 1.84. The van der Waals surface area contributed by atoms with Gasteiger partial charge in [-0.05, 0) is 33.2 Å². The molecule has 0 aromatic rings. The topological polar surface area (TPSA) is 15.3 Å². The standard InChI is InChI=1S/C10H20N2/c1-9(2)12-7-10(8-12)5-3-4-6-11-10/h9,11H,3-8H2,1-2H3. The summed E-state index contributed by atoms with van der Waals surface area (Å²) < 4.78 is 0. The average molecular weight is 168 g/mol. The van der Waals surface area contributed by atoms with E-state index in [9.17, 15) is 0 Å². The molecule has 0 bridgehead atoms. The molecule has 0 aromatic heterocycles. The molecule has 2 fully saturated rings. The lowest BCUT2D eigenvalue weighted by atomic mass is 9.81. The molecule has 0 saturated carbocycles. The Labute approximate surface area is 75.3 Å². The van der Waals surface area contributed by atoms with E-state index >= 15 is 0 Å². The molecule has 2 saturated heterocycles. The van der Waals surface area contributed by atoms with E-state index in [2.05, 4.69) is 24.1 Å². The highest BCUT2D eigenvalue weighted by molar-refractivity contribution is 5.04. The largest absolute Gasteiger partial charge is 0.309 e. The molecular formula is C10H20N2. The van der Waals surface area contributed by atoms with Gasteiger partial charge in [-0.25, -0.2) is 0 Å². The molecule has 2 aliphatic rings. The molecule has 0 atom stereocenters. The summed E-state index contributed by atoms with van der Waals surface area (Å²) in [6.07, 6.45) is 4.21. The molecule has 0 amide bonds. The minimum Gasteiger partial charge on any atom is -0.309 e. The molecule has 2 nitrogen and oxygen atoms in total. The first-order valence-electron chi connectivity index (χ1n) is 5.21. The second-order valence-corrected chi connectivity index (χ2v) is 4.66. The lowest BCUT2D eigenvalue weighted by Crippen LogP contribution is -2.71. The number of hydrogen-bond donors (Lipinski definition) is 1. The van der Waals surface area contributed by atoms with Gasteiger partial charge in [0.25, 0.3) is 0 Å². The highest BCUT2D eigenvalue weighted by Crippen LogP contribution is 2.30. The molecule has 0 aliphatic carbocycles. The maximum Gasteiger partial charge on any atom is 0.0437 e. The summed E-state index contributed by atoms with van der Waals surface area (Å²) in [5.41, 5.74) is 0.530. The van der Waals surface area contributed by atoms with Crippen LogP contribution in [0.4, 0.5) is 0 Å². The predicted molar refractivity (Wildman–Crippen MR) is 51.3 cm³/mol. The van der Waals surface area contributed by atoms with Gasteiger partial charge in [-0.3, -0.25) is 4.90 Å². The SMILES string of the molecule is CC(C)N1CC2(CCCCN2)C1. The maximum absolute atomic E-state index is 3.68. The molecule has 2 aliphatic heterocycles. The third-order valence-corrected chi connectivity index (χ3v) is 3.32. The third-order valence-electron chi connectivity index (χ3n) is 3.32. The number of hydrogen-bond acceptors (Lipinski definition) is 2. The molecule has 2 heteroatoms. The second-order valence-electron chi connectivity index (χ2n) is 4.66. The molecule has 12 heavy (non-hydrogen) atoms. The Hall–Kier alpha value is -0.0800. The van der Waals surface area contributed by atoms with E-state index in [0.717, 1.165) is 6.04 Å². The highest BCUT2D eigenvalue weighted by atomic mass is 15.3. The summed E-state index contributed by atoms with van der Waals surface area (Å²) >= 11 is 0. The van der Waals surface area contributed by atoms with E-state index in [1.54, 1.807) is 0 Å². The van der Waals surface area contributed by atoms with Crippen molar-refractivity contribution in [1.29, 1.82) is 0 Å². The smallest absolute Gasteiger partial charge is 0.0437 e. The van der Waals surface area contributed by atoms with Crippen LogP contribution in [0.1, 0.15) is 33.1 Å². The van der Waals surface area contributed by atoms with E-state index in [4.69, 9.17) is 0 Å². The molecule has 0 radical (unpaired) electrons. The van der Waals surface area contributed by atoms with Gasteiger partial charge in [-0.2, -0.15) is 0 Å². The van der Waals surface area contributed by atoms with Gasteiger partial charge < -0.3 is 5.32 Å². The Kier molecular flexibility index (Phi) is 2.13. The van der Waals surface area contributed by atoms with Crippen LogP contribution in [0.5, 0.6) is 0 Å². The summed E-state index contributed by atoms with van der Waals surface area (Å²) in [7, 11) is 0. The Morgan fingerprint density at radius 2 is 2.00 bits per heavy atom. The second kappa shape index (κ2) is 3.00. The van der Waals surface area contributed by atoms with Crippen LogP contribution >= 0.6 is 0 Å². The van der Waals surface area contributed by atoms with Crippen LogP contribution in [0, 0.1) is 0 Å². The highest BCUT2D eigenvalue weighted by Gasteiger charge is 2.43. The summed E-state index contributed by atoms with van der Waals surface area (Å²) in [6.45, 7) is 8.38. The molecule has 2 heterocycles. The summed E-state index contributed by atoms with van der Waals surface area (Å²) in [5, 5.41) is 3.68. The van der Waals surface area contributed by atoms with Gasteiger partial charge in [-0.15, -0.1) is 0 Å². The first kappa shape index (κ1) is 8.52. The van der Waals surface area contributed by atoms with Gasteiger partial charge in [0.05, 0.1) is 0 Å². The number of rotatable bonds is 1. The van der Waals surface area contributed by atoms with Crippen molar-refractivity contribution in [3.63, 3.8) is 0 Å². The van der Waals surface area contributed by atoms with E-state index in [-0.39, 0.29) is 0 Å². The minimum absolute atomic E-state index is 0.530. The lowest BCUT2D eigenvalue weighted by molar-refractivity contribution is 0.000186. The Morgan fingerprint density at radius 1 is 1.25 bits per heavy atom. The van der Waals surface area contributed by atoms with Gasteiger partial charge >= 0.3 is 0 Å². The normalized spacial score (nSPS) is 29.2. The zero-order valence-corrected chi connectivity index (χ0v) is 8.27. The number of likely N-dealkylation sites (tertiary alicyclic amines) is 1. The van der Waals surface area contributed by atoms with Crippen molar-refractivity contribution < 1.29 is 0 Å². The van der Waals surface area contributed by atoms with Crippen LogP contribution in [-0.4, -0.2) is 36.1 Å². The maximum atomic E-state index is 3.68. The number of nitrogens with one attached hydrogen (secondary N) is 1. The molecule has 1 N–H and O–H groups in total. The fraction of sp³-hybridized carbons (Fsp3) is 1.00. The molecule has 0 unspecified atom stereocenters. The van der Waals surface area contributed by atoms with Crippen LogP contribution in [0.15, 0.2) is 0 Å². The summed E-state index contributed by atoms with van der Waals surface area (Å²) in [6, 6.07) is 0.736. The van der Waals surface area contributed by atoms with Crippen LogP contribution < -0.4 is 5.32 Å². The van der Waals surface area contributed by atoms with Crippen LogP contribution in [0.3, 0.4) is 0 Å². The van der Waals surface area contributed by atoms with Crippen molar-refractivity contribution >= 4 is 0 Å². The Bertz CT molecular complexity index is 151. The van der Waals surface area contributed by atoms with Crippen molar-refractivity contribution in [3.05, 3.63) is 0 Å². The van der Waals surface area contributed by atoms with Crippen LogP contribution in [0.25, 0.3) is 0 Å². The van der Waals surface area contributed by atoms with E-state index in [0.29, 0.717) is 5.54 Å². The van der Waals surface area contributed by atoms with E-state index < -0.39 is 0 Å². The van der Waals surface area contributed by atoms with Crippen molar-refractivity contribution in [3.8, 4) is 0 Å².